The first-order chi connectivity index (χ1) is 6.94. The van der Waals surface area contributed by atoms with Crippen LogP contribution in [0, 0.1) is 6.92 Å². The SMILES string of the molecule is Cc1cc(NC2OC2OC(C)(C)C)no1. The van der Waals surface area contributed by atoms with E-state index in [1.807, 2.05) is 33.8 Å². The summed E-state index contributed by atoms with van der Waals surface area (Å²) in [5, 5.41) is 6.86. The first-order valence-corrected chi connectivity index (χ1v) is 4.97. The standard InChI is InChI=1S/C10H16N2O3/c1-6-5-7(12-15-6)11-8-9(13-8)14-10(2,3)4/h5,8-9H,1-4H3,(H,11,12). The molecule has 84 valence electrons. The van der Waals surface area contributed by atoms with Crippen molar-refractivity contribution < 1.29 is 14.0 Å². The number of epoxide rings is 1. The Balaban J connectivity index is 1.80. The number of hydrogen-bond acceptors (Lipinski definition) is 5. The number of nitrogens with zero attached hydrogens (tertiary/aromatic N) is 1. The van der Waals surface area contributed by atoms with Gasteiger partial charge in [-0.1, -0.05) is 5.16 Å². The van der Waals surface area contributed by atoms with Crippen LogP contribution in [0.1, 0.15) is 26.5 Å². The van der Waals surface area contributed by atoms with E-state index in [1.165, 1.54) is 0 Å². The van der Waals surface area contributed by atoms with Crippen molar-refractivity contribution in [3.05, 3.63) is 11.8 Å². The smallest absolute Gasteiger partial charge is 0.205 e. The van der Waals surface area contributed by atoms with Crippen LogP contribution >= 0.6 is 0 Å². The van der Waals surface area contributed by atoms with Crippen molar-refractivity contribution in [1.29, 1.82) is 0 Å². The molecule has 0 amide bonds. The Kier molecular flexibility index (Phi) is 2.44. The van der Waals surface area contributed by atoms with Crippen LogP contribution in [0.2, 0.25) is 0 Å². The van der Waals surface area contributed by atoms with Gasteiger partial charge >= 0.3 is 0 Å². The van der Waals surface area contributed by atoms with Crippen LogP contribution in [-0.2, 0) is 9.47 Å². The van der Waals surface area contributed by atoms with Gasteiger partial charge in [-0.2, -0.15) is 0 Å². The minimum atomic E-state index is -0.194. The van der Waals surface area contributed by atoms with Gasteiger partial charge in [-0.15, -0.1) is 0 Å². The van der Waals surface area contributed by atoms with Crippen LogP contribution in [0.15, 0.2) is 10.6 Å². The third-order valence-corrected chi connectivity index (χ3v) is 1.84. The second kappa shape index (κ2) is 3.50. The lowest BCUT2D eigenvalue weighted by Crippen LogP contribution is -2.23. The van der Waals surface area contributed by atoms with Gasteiger partial charge in [0.25, 0.3) is 0 Å². The number of aromatic nitrogens is 1. The molecule has 5 heteroatoms. The van der Waals surface area contributed by atoms with Gasteiger partial charge in [0.2, 0.25) is 6.29 Å². The van der Waals surface area contributed by atoms with Gasteiger partial charge in [-0.05, 0) is 27.7 Å². The molecule has 1 fully saturated rings. The zero-order chi connectivity index (χ0) is 11.1. The fourth-order valence-electron chi connectivity index (χ4n) is 1.22. The van der Waals surface area contributed by atoms with Gasteiger partial charge in [-0.3, -0.25) is 0 Å². The zero-order valence-corrected chi connectivity index (χ0v) is 9.40. The number of ether oxygens (including phenoxy) is 2. The lowest BCUT2D eigenvalue weighted by molar-refractivity contribution is -0.0569. The Bertz CT molecular complexity index is 343. The lowest BCUT2D eigenvalue weighted by Gasteiger charge is -2.17. The molecule has 0 spiro atoms. The molecule has 15 heavy (non-hydrogen) atoms. The predicted molar refractivity (Wildman–Crippen MR) is 54.4 cm³/mol. The second-order valence-electron chi connectivity index (χ2n) is 4.62. The van der Waals surface area contributed by atoms with E-state index >= 15 is 0 Å². The van der Waals surface area contributed by atoms with Crippen LogP contribution in [0.5, 0.6) is 0 Å². The highest BCUT2D eigenvalue weighted by Gasteiger charge is 2.43. The van der Waals surface area contributed by atoms with Crippen molar-refractivity contribution in [2.45, 2.75) is 45.8 Å². The maximum absolute atomic E-state index is 5.60. The number of aryl methyl sites for hydroxylation is 1. The first-order valence-electron chi connectivity index (χ1n) is 4.97. The monoisotopic (exact) mass is 212 g/mol. The summed E-state index contributed by atoms with van der Waals surface area (Å²) in [7, 11) is 0. The molecule has 1 saturated heterocycles. The minimum absolute atomic E-state index is 0.117. The quantitative estimate of drug-likeness (QED) is 0.775. The molecule has 2 unspecified atom stereocenters. The predicted octanol–water partition coefficient (Wildman–Crippen LogP) is 1.89. The molecule has 0 aliphatic carbocycles. The number of hydrogen-bond donors (Lipinski definition) is 1. The number of anilines is 1. The number of rotatable bonds is 3. The summed E-state index contributed by atoms with van der Waals surface area (Å²) in [5.74, 6) is 1.45. The normalized spacial score (nSPS) is 25.3. The highest BCUT2D eigenvalue weighted by atomic mass is 16.8. The van der Waals surface area contributed by atoms with E-state index in [2.05, 4.69) is 10.5 Å². The molecule has 1 aromatic heterocycles. The third-order valence-electron chi connectivity index (χ3n) is 1.84. The molecular formula is C10H16N2O3. The molecule has 0 aromatic carbocycles. The summed E-state index contributed by atoms with van der Waals surface area (Å²) in [5.41, 5.74) is -0.194. The molecule has 2 heterocycles. The minimum Gasteiger partial charge on any atom is -0.360 e. The van der Waals surface area contributed by atoms with E-state index in [0.29, 0.717) is 5.82 Å². The van der Waals surface area contributed by atoms with E-state index in [0.717, 1.165) is 5.76 Å². The summed E-state index contributed by atoms with van der Waals surface area (Å²) in [6.45, 7) is 7.82. The lowest BCUT2D eigenvalue weighted by atomic mass is 10.2. The van der Waals surface area contributed by atoms with Gasteiger partial charge in [0.15, 0.2) is 12.0 Å². The average molecular weight is 212 g/mol. The van der Waals surface area contributed by atoms with E-state index in [4.69, 9.17) is 14.0 Å². The Morgan fingerprint density at radius 3 is 2.73 bits per heavy atom. The van der Waals surface area contributed by atoms with E-state index in [-0.39, 0.29) is 18.1 Å². The van der Waals surface area contributed by atoms with E-state index in [1.54, 1.807) is 0 Å². The Morgan fingerprint density at radius 1 is 1.47 bits per heavy atom. The van der Waals surface area contributed by atoms with Gasteiger partial charge in [0, 0.05) is 6.07 Å². The fourth-order valence-corrected chi connectivity index (χ4v) is 1.22. The second-order valence-corrected chi connectivity index (χ2v) is 4.62. The van der Waals surface area contributed by atoms with E-state index < -0.39 is 0 Å². The summed E-state index contributed by atoms with van der Waals surface area (Å²) >= 11 is 0. The van der Waals surface area contributed by atoms with Crippen molar-refractivity contribution in [3.63, 3.8) is 0 Å². The molecule has 2 rings (SSSR count). The molecular weight excluding hydrogens is 196 g/mol. The summed E-state index contributed by atoms with van der Waals surface area (Å²) in [6.07, 6.45) is -0.310. The summed E-state index contributed by atoms with van der Waals surface area (Å²) < 4.78 is 15.8. The summed E-state index contributed by atoms with van der Waals surface area (Å²) in [4.78, 5) is 0. The van der Waals surface area contributed by atoms with Crippen LogP contribution < -0.4 is 5.32 Å². The topological polar surface area (TPSA) is 59.8 Å². The molecule has 1 aliphatic heterocycles. The average Bonchev–Trinajstić information content (AvgIpc) is 2.60. The molecule has 0 saturated carbocycles. The third kappa shape index (κ3) is 2.94. The van der Waals surface area contributed by atoms with E-state index in [9.17, 15) is 0 Å². The Hall–Kier alpha value is -1.07. The fraction of sp³-hybridized carbons (Fsp3) is 0.700. The van der Waals surface area contributed by atoms with Crippen LogP contribution in [0.4, 0.5) is 5.82 Å². The molecule has 0 radical (unpaired) electrons. The highest BCUT2D eigenvalue weighted by molar-refractivity contribution is 5.35. The van der Waals surface area contributed by atoms with Crippen molar-refractivity contribution in [2.24, 2.45) is 0 Å². The van der Waals surface area contributed by atoms with Gasteiger partial charge in [0.05, 0.1) is 5.60 Å². The van der Waals surface area contributed by atoms with Crippen LogP contribution in [0.3, 0.4) is 0 Å². The maximum Gasteiger partial charge on any atom is 0.205 e. The van der Waals surface area contributed by atoms with Crippen molar-refractivity contribution in [1.82, 2.24) is 5.16 Å². The first kappa shape index (κ1) is 10.4. The van der Waals surface area contributed by atoms with Gasteiger partial charge in [-0.25, -0.2) is 0 Å². The Labute approximate surface area is 88.7 Å². The van der Waals surface area contributed by atoms with Crippen LogP contribution in [-0.4, -0.2) is 23.3 Å². The molecule has 5 nitrogen and oxygen atoms in total. The highest BCUT2D eigenvalue weighted by Crippen LogP contribution is 2.28. The maximum atomic E-state index is 5.60. The molecule has 2 atom stereocenters. The van der Waals surface area contributed by atoms with Crippen LogP contribution in [0.25, 0.3) is 0 Å². The van der Waals surface area contributed by atoms with Crippen molar-refractivity contribution in [3.8, 4) is 0 Å². The molecule has 1 aromatic rings. The zero-order valence-electron chi connectivity index (χ0n) is 9.40. The number of nitrogens with one attached hydrogen (secondary N) is 1. The largest absolute Gasteiger partial charge is 0.360 e. The molecule has 1 aliphatic rings. The van der Waals surface area contributed by atoms with Crippen molar-refractivity contribution >= 4 is 5.82 Å². The molecule has 1 N–H and O–H groups in total. The Morgan fingerprint density at radius 2 is 2.20 bits per heavy atom. The molecule has 0 bridgehead atoms. The van der Waals surface area contributed by atoms with Crippen molar-refractivity contribution in [2.75, 3.05) is 5.32 Å². The summed E-state index contributed by atoms with van der Waals surface area (Å²) in [6, 6.07) is 1.82. The van der Waals surface area contributed by atoms with Gasteiger partial charge in [0.1, 0.15) is 5.76 Å². The van der Waals surface area contributed by atoms with Gasteiger partial charge < -0.3 is 19.3 Å².